The first-order chi connectivity index (χ1) is 10.3. The van der Waals surface area contributed by atoms with E-state index in [4.69, 9.17) is 0 Å². The Morgan fingerprint density at radius 2 is 2.19 bits per heavy atom. The van der Waals surface area contributed by atoms with Gasteiger partial charge in [0, 0.05) is 43.9 Å². The van der Waals surface area contributed by atoms with Gasteiger partial charge in [-0.25, -0.2) is 15.0 Å². The monoisotopic (exact) mass is 286 g/mol. The summed E-state index contributed by atoms with van der Waals surface area (Å²) in [5.41, 5.74) is 0. The highest BCUT2D eigenvalue weighted by Crippen LogP contribution is 2.15. The number of carbonyl (C=O) groups is 1. The molecule has 2 aromatic heterocycles. The van der Waals surface area contributed by atoms with Crippen LogP contribution in [0.3, 0.4) is 0 Å². The summed E-state index contributed by atoms with van der Waals surface area (Å²) in [7, 11) is 0. The van der Waals surface area contributed by atoms with E-state index in [9.17, 15) is 4.79 Å². The number of imidazole rings is 1. The van der Waals surface area contributed by atoms with Crippen molar-refractivity contribution in [3.8, 4) is 0 Å². The largest absolute Gasteiger partial charge is 0.350 e. The zero-order valence-electron chi connectivity index (χ0n) is 11.7. The zero-order chi connectivity index (χ0) is 14.5. The van der Waals surface area contributed by atoms with Crippen LogP contribution in [0.25, 0.3) is 0 Å². The Hall–Kier alpha value is -2.44. The lowest BCUT2D eigenvalue weighted by Crippen LogP contribution is -2.49. The molecule has 1 atom stereocenters. The number of piperidine rings is 1. The molecule has 1 unspecified atom stereocenters. The van der Waals surface area contributed by atoms with Crippen molar-refractivity contribution in [2.45, 2.75) is 25.4 Å². The molecule has 1 saturated heterocycles. The third-order valence-electron chi connectivity index (χ3n) is 3.51. The molecule has 0 saturated carbocycles. The van der Waals surface area contributed by atoms with Crippen molar-refractivity contribution in [1.29, 1.82) is 0 Å². The van der Waals surface area contributed by atoms with E-state index in [0.717, 1.165) is 31.9 Å². The van der Waals surface area contributed by atoms with Crippen LogP contribution in [-0.2, 0) is 11.3 Å². The van der Waals surface area contributed by atoms with E-state index in [-0.39, 0.29) is 11.9 Å². The van der Waals surface area contributed by atoms with Gasteiger partial charge in [0.05, 0.1) is 6.33 Å². The average molecular weight is 286 g/mol. The fourth-order valence-electron chi connectivity index (χ4n) is 2.55. The van der Waals surface area contributed by atoms with Gasteiger partial charge in [0.25, 0.3) is 0 Å². The minimum absolute atomic E-state index is 0.00818. The van der Waals surface area contributed by atoms with Crippen LogP contribution in [-0.4, -0.2) is 44.6 Å². The first kappa shape index (κ1) is 13.5. The van der Waals surface area contributed by atoms with Crippen molar-refractivity contribution >= 4 is 11.9 Å². The predicted molar refractivity (Wildman–Crippen MR) is 77.6 cm³/mol. The Morgan fingerprint density at radius 1 is 1.33 bits per heavy atom. The SMILES string of the molecule is O=C(Cn1ccnc1)NC1CCCN(c2ncccn2)C1. The van der Waals surface area contributed by atoms with Crippen molar-refractivity contribution in [1.82, 2.24) is 24.8 Å². The lowest BCUT2D eigenvalue weighted by atomic mass is 10.1. The van der Waals surface area contributed by atoms with Crippen molar-refractivity contribution in [2.24, 2.45) is 0 Å². The molecular weight excluding hydrogens is 268 g/mol. The minimum atomic E-state index is 0.00818. The van der Waals surface area contributed by atoms with Crippen LogP contribution in [0.5, 0.6) is 0 Å². The molecular formula is C14H18N6O. The average Bonchev–Trinajstić information content (AvgIpc) is 3.01. The Labute approximate surface area is 123 Å². The number of hydrogen-bond acceptors (Lipinski definition) is 5. The molecule has 7 heteroatoms. The molecule has 110 valence electrons. The third-order valence-corrected chi connectivity index (χ3v) is 3.51. The Kier molecular flexibility index (Phi) is 4.09. The maximum atomic E-state index is 12.0. The van der Waals surface area contributed by atoms with E-state index < -0.39 is 0 Å². The first-order valence-corrected chi connectivity index (χ1v) is 7.08. The minimum Gasteiger partial charge on any atom is -0.350 e. The van der Waals surface area contributed by atoms with Crippen LogP contribution in [0.1, 0.15) is 12.8 Å². The van der Waals surface area contributed by atoms with E-state index in [1.54, 1.807) is 41.7 Å². The number of rotatable bonds is 4. The van der Waals surface area contributed by atoms with Gasteiger partial charge in [-0.3, -0.25) is 4.79 Å². The van der Waals surface area contributed by atoms with Gasteiger partial charge in [-0.2, -0.15) is 0 Å². The summed E-state index contributed by atoms with van der Waals surface area (Å²) in [6.07, 6.45) is 10.6. The zero-order valence-corrected chi connectivity index (χ0v) is 11.7. The van der Waals surface area contributed by atoms with Crippen molar-refractivity contribution in [3.05, 3.63) is 37.2 Å². The lowest BCUT2D eigenvalue weighted by molar-refractivity contribution is -0.122. The molecule has 0 aromatic carbocycles. The second-order valence-corrected chi connectivity index (χ2v) is 5.14. The number of anilines is 1. The summed E-state index contributed by atoms with van der Waals surface area (Å²) in [6.45, 7) is 1.98. The van der Waals surface area contributed by atoms with Crippen molar-refractivity contribution < 1.29 is 4.79 Å². The summed E-state index contributed by atoms with van der Waals surface area (Å²) in [5.74, 6) is 0.736. The standard InChI is InChI=1S/C14H18N6O/c21-13(10-19-8-6-15-11-19)18-12-3-1-7-20(9-12)14-16-4-2-5-17-14/h2,4-6,8,11-12H,1,3,7,9-10H2,(H,18,21). The third kappa shape index (κ3) is 3.56. The summed E-state index contributed by atoms with van der Waals surface area (Å²) in [4.78, 5) is 26.6. The fourth-order valence-corrected chi connectivity index (χ4v) is 2.55. The molecule has 7 nitrogen and oxygen atoms in total. The molecule has 0 aliphatic carbocycles. The van der Waals surface area contributed by atoms with Crippen LogP contribution >= 0.6 is 0 Å². The highest BCUT2D eigenvalue weighted by atomic mass is 16.2. The smallest absolute Gasteiger partial charge is 0.240 e. The molecule has 3 rings (SSSR count). The summed E-state index contributed by atoms with van der Waals surface area (Å²) < 4.78 is 1.76. The van der Waals surface area contributed by atoms with Gasteiger partial charge < -0.3 is 14.8 Å². The van der Waals surface area contributed by atoms with Gasteiger partial charge in [-0.05, 0) is 18.9 Å². The van der Waals surface area contributed by atoms with Crippen molar-refractivity contribution in [2.75, 3.05) is 18.0 Å². The Bertz CT molecular complexity index is 570. The molecule has 0 bridgehead atoms. The predicted octanol–water partition coefficient (Wildman–Crippen LogP) is 0.458. The Balaban J connectivity index is 1.55. The maximum absolute atomic E-state index is 12.0. The molecule has 2 aromatic rings. The topological polar surface area (TPSA) is 75.9 Å². The molecule has 1 N–H and O–H groups in total. The van der Waals surface area contributed by atoms with Gasteiger partial charge in [0.15, 0.2) is 0 Å². The van der Waals surface area contributed by atoms with Crippen LogP contribution in [0.2, 0.25) is 0 Å². The summed E-state index contributed by atoms with van der Waals surface area (Å²) in [6, 6.07) is 1.94. The fraction of sp³-hybridized carbons (Fsp3) is 0.429. The quantitative estimate of drug-likeness (QED) is 0.883. The van der Waals surface area contributed by atoms with E-state index in [1.807, 2.05) is 0 Å². The van der Waals surface area contributed by atoms with Gasteiger partial charge in [-0.15, -0.1) is 0 Å². The van der Waals surface area contributed by atoms with Crippen LogP contribution in [0, 0.1) is 0 Å². The number of nitrogens with one attached hydrogen (secondary N) is 1. The van der Waals surface area contributed by atoms with Crippen LogP contribution in [0.15, 0.2) is 37.2 Å². The van der Waals surface area contributed by atoms with Crippen LogP contribution in [0.4, 0.5) is 5.95 Å². The normalized spacial score (nSPS) is 18.5. The van der Waals surface area contributed by atoms with E-state index in [1.165, 1.54) is 0 Å². The summed E-state index contributed by atoms with van der Waals surface area (Å²) in [5, 5.41) is 3.07. The number of carbonyl (C=O) groups excluding carboxylic acids is 1. The lowest BCUT2D eigenvalue weighted by Gasteiger charge is -2.33. The molecule has 1 fully saturated rings. The van der Waals surface area contributed by atoms with Crippen molar-refractivity contribution in [3.63, 3.8) is 0 Å². The summed E-state index contributed by atoms with van der Waals surface area (Å²) >= 11 is 0. The number of hydrogen-bond donors (Lipinski definition) is 1. The molecule has 21 heavy (non-hydrogen) atoms. The molecule has 1 aliphatic rings. The van der Waals surface area contributed by atoms with E-state index in [2.05, 4.69) is 25.2 Å². The molecule has 1 amide bonds. The number of amides is 1. The van der Waals surface area contributed by atoms with Gasteiger partial charge in [0.2, 0.25) is 11.9 Å². The van der Waals surface area contributed by atoms with Gasteiger partial charge >= 0.3 is 0 Å². The highest BCUT2D eigenvalue weighted by molar-refractivity contribution is 5.76. The first-order valence-electron chi connectivity index (χ1n) is 7.08. The second-order valence-electron chi connectivity index (χ2n) is 5.14. The number of aromatic nitrogens is 4. The van der Waals surface area contributed by atoms with Gasteiger partial charge in [-0.1, -0.05) is 0 Å². The van der Waals surface area contributed by atoms with Crippen LogP contribution < -0.4 is 10.2 Å². The molecule has 1 aliphatic heterocycles. The maximum Gasteiger partial charge on any atom is 0.240 e. The molecule has 0 radical (unpaired) electrons. The van der Waals surface area contributed by atoms with E-state index >= 15 is 0 Å². The molecule has 0 spiro atoms. The Morgan fingerprint density at radius 3 is 2.95 bits per heavy atom. The number of nitrogens with zero attached hydrogens (tertiary/aromatic N) is 5. The van der Waals surface area contributed by atoms with E-state index in [0.29, 0.717) is 6.54 Å². The highest BCUT2D eigenvalue weighted by Gasteiger charge is 2.22. The molecule has 3 heterocycles. The second kappa shape index (κ2) is 6.34. The van der Waals surface area contributed by atoms with Gasteiger partial charge in [0.1, 0.15) is 6.54 Å².